The predicted octanol–water partition coefficient (Wildman–Crippen LogP) is 2.80. The van der Waals surface area contributed by atoms with Crippen molar-refractivity contribution in [3.63, 3.8) is 0 Å². The molecule has 104 valence electrons. The van der Waals surface area contributed by atoms with Crippen LogP contribution in [-0.4, -0.2) is 40.5 Å². The molecule has 0 radical (unpaired) electrons. The smallest absolute Gasteiger partial charge is 0.230 e. The molecule has 0 atom stereocenters. The summed E-state index contributed by atoms with van der Waals surface area (Å²) in [4.78, 5) is 13.8. The van der Waals surface area contributed by atoms with E-state index in [9.17, 15) is 4.79 Å². The zero-order valence-corrected chi connectivity index (χ0v) is 12.9. The van der Waals surface area contributed by atoms with Gasteiger partial charge in [-0.05, 0) is 19.3 Å². The number of carbonyl (C=O) groups is 1. The molecule has 0 unspecified atom stereocenters. The van der Waals surface area contributed by atoms with E-state index in [1.807, 2.05) is 0 Å². The summed E-state index contributed by atoms with van der Waals surface area (Å²) >= 11 is 6.81. The standard InChI is InChI=1S/C13H24N2OS2/c1-2-3-4-5-8-14-12(16)11-18-13(17)15-9-6-7-10-15/h2-11H2,1H3,(H,14,16). The van der Waals surface area contributed by atoms with E-state index in [1.54, 1.807) is 0 Å². The third-order valence-corrected chi connectivity index (χ3v) is 4.57. The summed E-state index contributed by atoms with van der Waals surface area (Å²) in [6, 6.07) is 0. The maximum Gasteiger partial charge on any atom is 0.230 e. The van der Waals surface area contributed by atoms with Crippen molar-refractivity contribution in [3.8, 4) is 0 Å². The van der Waals surface area contributed by atoms with Crippen molar-refractivity contribution in [1.82, 2.24) is 10.2 Å². The van der Waals surface area contributed by atoms with E-state index in [4.69, 9.17) is 12.2 Å². The molecule has 3 nitrogen and oxygen atoms in total. The first kappa shape index (κ1) is 15.8. The van der Waals surface area contributed by atoms with E-state index >= 15 is 0 Å². The van der Waals surface area contributed by atoms with Gasteiger partial charge in [0.05, 0.1) is 5.75 Å². The number of amides is 1. The maximum atomic E-state index is 11.6. The van der Waals surface area contributed by atoms with Crippen molar-refractivity contribution in [2.75, 3.05) is 25.4 Å². The quantitative estimate of drug-likeness (QED) is 0.577. The minimum atomic E-state index is 0.109. The molecule has 0 saturated carbocycles. The van der Waals surface area contributed by atoms with Gasteiger partial charge in [-0.15, -0.1) is 0 Å². The van der Waals surface area contributed by atoms with Crippen LogP contribution in [0, 0.1) is 0 Å². The Hall–Kier alpha value is -0.290. The molecular formula is C13H24N2OS2. The number of rotatable bonds is 7. The van der Waals surface area contributed by atoms with Crippen LogP contribution in [0.4, 0.5) is 0 Å². The first-order chi connectivity index (χ1) is 8.74. The van der Waals surface area contributed by atoms with Crippen LogP contribution in [0.3, 0.4) is 0 Å². The van der Waals surface area contributed by atoms with Crippen molar-refractivity contribution < 1.29 is 4.79 Å². The molecule has 1 rings (SSSR count). The lowest BCUT2D eigenvalue weighted by atomic mass is 10.2. The summed E-state index contributed by atoms with van der Waals surface area (Å²) in [7, 11) is 0. The third-order valence-electron chi connectivity index (χ3n) is 3.04. The zero-order valence-electron chi connectivity index (χ0n) is 11.2. The van der Waals surface area contributed by atoms with Gasteiger partial charge in [0, 0.05) is 19.6 Å². The second-order valence-electron chi connectivity index (χ2n) is 4.66. The van der Waals surface area contributed by atoms with Gasteiger partial charge in [-0.1, -0.05) is 50.2 Å². The highest BCUT2D eigenvalue weighted by atomic mass is 32.2. The number of thioether (sulfide) groups is 1. The van der Waals surface area contributed by atoms with Gasteiger partial charge in [-0.25, -0.2) is 0 Å². The van der Waals surface area contributed by atoms with Gasteiger partial charge >= 0.3 is 0 Å². The van der Waals surface area contributed by atoms with Crippen molar-refractivity contribution in [1.29, 1.82) is 0 Å². The molecule has 1 aliphatic rings. The van der Waals surface area contributed by atoms with E-state index in [0.29, 0.717) is 5.75 Å². The number of nitrogens with zero attached hydrogens (tertiary/aromatic N) is 1. The Morgan fingerprint density at radius 2 is 2.00 bits per heavy atom. The molecule has 0 aromatic carbocycles. The average molecular weight is 288 g/mol. The molecular weight excluding hydrogens is 264 g/mol. The molecule has 0 aromatic rings. The molecule has 0 aliphatic carbocycles. The van der Waals surface area contributed by atoms with Crippen LogP contribution in [0.2, 0.25) is 0 Å². The molecule has 1 saturated heterocycles. The summed E-state index contributed by atoms with van der Waals surface area (Å²) in [6.07, 6.45) is 7.23. The zero-order chi connectivity index (χ0) is 13.2. The van der Waals surface area contributed by atoms with Gasteiger partial charge in [0.25, 0.3) is 0 Å². The molecule has 0 spiro atoms. The highest BCUT2D eigenvalue weighted by molar-refractivity contribution is 8.23. The van der Waals surface area contributed by atoms with Gasteiger partial charge in [0.1, 0.15) is 4.32 Å². The lowest BCUT2D eigenvalue weighted by Gasteiger charge is -2.17. The monoisotopic (exact) mass is 288 g/mol. The van der Waals surface area contributed by atoms with Gasteiger partial charge in [-0.2, -0.15) is 0 Å². The Morgan fingerprint density at radius 1 is 1.28 bits per heavy atom. The van der Waals surface area contributed by atoms with Crippen LogP contribution in [0.1, 0.15) is 45.4 Å². The minimum Gasteiger partial charge on any atom is -0.358 e. The molecule has 18 heavy (non-hydrogen) atoms. The molecule has 1 amide bonds. The van der Waals surface area contributed by atoms with Crippen molar-refractivity contribution in [2.45, 2.75) is 45.4 Å². The Labute approximate surface area is 120 Å². The molecule has 0 aromatic heterocycles. The predicted molar refractivity (Wildman–Crippen MR) is 83.0 cm³/mol. The summed E-state index contributed by atoms with van der Waals surface area (Å²) in [5, 5.41) is 2.95. The molecule has 0 bridgehead atoms. The van der Waals surface area contributed by atoms with E-state index in [1.165, 1.54) is 43.9 Å². The third kappa shape index (κ3) is 6.59. The molecule has 1 aliphatic heterocycles. The van der Waals surface area contributed by atoms with Crippen molar-refractivity contribution >= 4 is 34.2 Å². The van der Waals surface area contributed by atoms with Crippen LogP contribution in [0.15, 0.2) is 0 Å². The topological polar surface area (TPSA) is 32.3 Å². The number of unbranched alkanes of at least 4 members (excludes halogenated alkanes) is 3. The second kappa shape index (κ2) is 9.62. The summed E-state index contributed by atoms with van der Waals surface area (Å²) in [5.41, 5.74) is 0. The fraction of sp³-hybridized carbons (Fsp3) is 0.846. The van der Waals surface area contributed by atoms with Crippen molar-refractivity contribution in [3.05, 3.63) is 0 Å². The minimum absolute atomic E-state index is 0.109. The van der Waals surface area contributed by atoms with Gasteiger partial charge in [-0.3, -0.25) is 4.79 Å². The van der Waals surface area contributed by atoms with E-state index < -0.39 is 0 Å². The Kier molecular flexibility index (Phi) is 8.42. The lowest BCUT2D eigenvalue weighted by molar-refractivity contribution is -0.118. The summed E-state index contributed by atoms with van der Waals surface area (Å²) in [6.45, 7) is 5.11. The number of thiocarbonyl (C=S) groups is 1. The van der Waals surface area contributed by atoms with Crippen LogP contribution in [-0.2, 0) is 4.79 Å². The summed E-state index contributed by atoms with van der Waals surface area (Å²) in [5.74, 6) is 0.571. The number of likely N-dealkylation sites (tertiary alicyclic amines) is 1. The van der Waals surface area contributed by atoms with Gasteiger partial charge in [0.2, 0.25) is 5.91 Å². The number of hydrogen-bond acceptors (Lipinski definition) is 3. The fourth-order valence-corrected chi connectivity index (χ4v) is 3.03. The summed E-state index contributed by atoms with van der Waals surface area (Å²) < 4.78 is 0.883. The average Bonchev–Trinajstić information content (AvgIpc) is 2.89. The second-order valence-corrected chi connectivity index (χ2v) is 6.27. The first-order valence-corrected chi connectivity index (χ1v) is 8.32. The normalized spacial score (nSPS) is 14.8. The lowest BCUT2D eigenvalue weighted by Crippen LogP contribution is -2.29. The van der Waals surface area contributed by atoms with Gasteiger partial charge < -0.3 is 10.2 Å². The Bertz CT molecular complexity index is 266. The Morgan fingerprint density at radius 3 is 2.67 bits per heavy atom. The van der Waals surface area contributed by atoms with Crippen LogP contribution < -0.4 is 5.32 Å². The van der Waals surface area contributed by atoms with E-state index in [0.717, 1.165) is 30.4 Å². The largest absolute Gasteiger partial charge is 0.358 e. The van der Waals surface area contributed by atoms with E-state index in [2.05, 4.69) is 17.1 Å². The molecule has 1 N–H and O–H groups in total. The number of hydrogen-bond donors (Lipinski definition) is 1. The first-order valence-electron chi connectivity index (χ1n) is 6.92. The molecule has 1 heterocycles. The highest BCUT2D eigenvalue weighted by Crippen LogP contribution is 2.15. The number of nitrogens with one attached hydrogen (secondary N) is 1. The highest BCUT2D eigenvalue weighted by Gasteiger charge is 2.15. The van der Waals surface area contributed by atoms with Crippen LogP contribution in [0.5, 0.6) is 0 Å². The maximum absolute atomic E-state index is 11.6. The van der Waals surface area contributed by atoms with Gasteiger partial charge in [0.15, 0.2) is 0 Å². The van der Waals surface area contributed by atoms with Crippen LogP contribution >= 0.6 is 24.0 Å². The fourth-order valence-electron chi connectivity index (χ4n) is 1.95. The molecule has 1 fully saturated rings. The SMILES string of the molecule is CCCCCCNC(=O)CSC(=S)N1CCCC1. The van der Waals surface area contributed by atoms with Crippen LogP contribution in [0.25, 0.3) is 0 Å². The Balaban J connectivity index is 2.00. The van der Waals surface area contributed by atoms with E-state index in [-0.39, 0.29) is 5.91 Å². The molecule has 5 heteroatoms. The van der Waals surface area contributed by atoms with Crippen molar-refractivity contribution in [2.24, 2.45) is 0 Å². The number of carbonyl (C=O) groups excluding carboxylic acids is 1.